The number of H-pyrrole nitrogens is 1. The Morgan fingerprint density at radius 2 is 2.10 bits per heavy atom. The van der Waals surface area contributed by atoms with Crippen molar-refractivity contribution >= 4 is 6.03 Å². The van der Waals surface area contributed by atoms with Gasteiger partial charge >= 0.3 is 18.1 Å². The maximum atomic E-state index is 13.2. The summed E-state index contributed by atoms with van der Waals surface area (Å²) in [6.07, 6.45) is 0.340. The number of rotatable bonds is 1. The van der Waals surface area contributed by atoms with Gasteiger partial charge in [-0.25, -0.2) is 9.78 Å². The maximum absolute atomic E-state index is 13.2. The number of hydrogen-bond donors (Lipinski definition) is 1. The summed E-state index contributed by atoms with van der Waals surface area (Å²) in [5, 5.41) is 7.09. The lowest BCUT2D eigenvalue weighted by molar-refractivity contribution is -0.417. The van der Waals surface area contributed by atoms with Crippen molar-refractivity contribution in [2.45, 2.75) is 0 Å². The van der Waals surface area contributed by atoms with E-state index in [1.807, 2.05) is 0 Å². The van der Waals surface area contributed by atoms with Crippen molar-refractivity contribution in [1.29, 1.82) is 0 Å². The van der Waals surface area contributed by atoms with Gasteiger partial charge in [0.1, 0.15) is 5.69 Å². The molecule has 2 aromatic heterocycles. The Labute approximate surface area is 118 Å². The van der Waals surface area contributed by atoms with Crippen LogP contribution < -0.4 is 10.3 Å². The fourth-order valence-electron chi connectivity index (χ4n) is 2.21. The van der Waals surface area contributed by atoms with Crippen molar-refractivity contribution in [3.05, 3.63) is 30.4 Å². The van der Waals surface area contributed by atoms with E-state index in [0.29, 0.717) is 26.2 Å². The molecule has 1 fully saturated rings. The highest BCUT2D eigenvalue weighted by atomic mass is 19.1. The highest BCUT2D eigenvalue weighted by Gasteiger charge is 2.24. The molecule has 1 saturated heterocycles. The largest absolute Gasteiger partial charge is 0.489 e. The number of carbonyl (C=O) groups is 1. The molecule has 2 aromatic rings. The van der Waals surface area contributed by atoms with E-state index in [9.17, 15) is 13.6 Å². The number of aromatic amines is 1. The van der Waals surface area contributed by atoms with Crippen LogP contribution in [0, 0.1) is 12.0 Å². The van der Waals surface area contributed by atoms with E-state index in [-0.39, 0.29) is 17.4 Å². The van der Waals surface area contributed by atoms with Gasteiger partial charge in [0.15, 0.2) is 5.69 Å². The molecule has 21 heavy (non-hydrogen) atoms. The first-order valence-electron chi connectivity index (χ1n) is 6.45. The zero-order chi connectivity index (χ0) is 14.8. The van der Waals surface area contributed by atoms with Crippen LogP contribution in [0.3, 0.4) is 0 Å². The topological polar surface area (TPSA) is 77.2 Å². The molecule has 3 rings (SSSR count). The van der Waals surface area contributed by atoms with Crippen molar-refractivity contribution in [3.63, 3.8) is 0 Å². The molecular formula is C12H13F2N6O+. The molecule has 7 nitrogen and oxygen atoms in total. The predicted molar refractivity (Wildman–Crippen MR) is 67.2 cm³/mol. The van der Waals surface area contributed by atoms with Gasteiger partial charge in [-0.3, -0.25) is 0 Å². The second kappa shape index (κ2) is 5.52. The number of hydrogen-bond acceptors (Lipinski definition) is 4. The van der Waals surface area contributed by atoms with Gasteiger partial charge in [0.05, 0.1) is 12.3 Å². The van der Waals surface area contributed by atoms with Crippen LogP contribution in [0.4, 0.5) is 13.6 Å². The summed E-state index contributed by atoms with van der Waals surface area (Å²) >= 11 is 0. The molecule has 0 aromatic carbocycles. The third-order valence-electron chi connectivity index (χ3n) is 3.19. The number of piperazine rings is 1. The molecule has 0 aliphatic carbocycles. The molecule has 1 amide bonds. The van der Waals surface area contributed by atoms with Crippen LogP contribution in [0.15, 0.2) is 18.3 Å². The summed E-state index contributed by atoms with van der Waals surface area (Å²) in [7, 11) is 0. The van der Waals surface area contributed by atoms with Gasteiger partial charge in [-0.15, -0.1) is 4.39 Å². The van der Waals surface area contributed by atoms with Gasteiger partial charge in [0, 0.05) is 31.2 Å². The molecular weight excluding hydrogens is 282 g/mol. The molecule has 0 atom stereocenters. The Hall–Kier alpha value is -2.42. The van der Waals surface area contributed by atoms with Crippen LogP contribution in [-0.2, 0) is 0 Å². The summed E-state index contributed by atoms with van der Waals surface area (Å²) < 4.78 is 27.5. The predicted octanol–water partition coefficient (Wildman–Crippen LogP) is -0.0893. The molecule has 0 saturated carbocycles. The summed E-state index contributed by atoms with van der Waals surface area (Å²) in [6, 6.07) is 2.19. The van der Waals surface area contributed by atoms with E-state index in [0.717, 1.165) is 10.7 Å². The SMILES string of the molecule is O=C(N1CCNCC1)n1nccc1-c1cc(F)nc(F)[nH+]1. The molecule has 1 aliphatic heterocycles. The lowest BCUT2D eigenvalue weighted by Crippen LogP contribution is -2.48. The number of nitrogens with one attached hydrogen (secondary N) is 2. The van der Waals surface area contributed by atoms with Crippen molar-refractivity contribution in [2.75, 3.05) is 26.2 Å². The third kappa shape index (κ3) is 2.72. The number of nitrogens with zero attached hydrogens (tertiary/aromatic N) is 4. The number of amides is 1. The van der Waals surface area contributed by atoms with Gasteiger partial charge in [-0.1, -0.05) is 0 Å². The third-order valence-corrected chi connectivity index (χ3v) is 3.19. The lowest BCUT2D eigenvalue weighted by atomic mass is 10.3. The second-order valence-corrected chi connectivity index (χ2v) is 4.56. The molecule has 0 unspecified atom stereocenters. The standard InChI is InChI=1S/C12H12F2N6O/c13-10-7-8(17-11(14)18-10)9-1-2-16-20(9)12(21)19-5-3-15-4-6-19/h1-2,7,15H,3-6H2/p+1. The summed E-state index contributed by atoms with van der Waals surface area (Å²) in [5.74, 6) is -0.969. The van der Waals surface area contributed by atoms with E-state index in [4.69, 9.17) is 0 Å². The van der Waals surface area contributed by atoms with Gasteiger partial charge in [-0.05, 0) is 6.07 Å². The van der Waals surface area contributed by atoms with Crippen LogP contribution in [0.1, 0.15) is 0 Å². The normalized spacial score (nSPS) is 15.2. The number of halogens is 2. The molecule has 0 bridgehead atoms. The highest BCUT2D eigenvalue weighted by molar-refractivity contribution is 5.80. The zero-order valence-electron chi connectivity index (χ0n) is 11.0. The van der Waals surface area contributed by atoms with Crippen molar-refractivity contribution in [2.24, 2.45) is 0 Å². The van der Waals surface area contributed by atoms with Gasteiger partial charge in [-0.2, -0.15) is 14.2 Å². The molecule has 1 aliphatic rings. The molecule has 3 heterocycles. The second-order valence-electron chi connectivity index (χ2n) is 4.56. The first kappa shape index (κ1) is 13.6. The smallest absolute Gasteiger partial charge is 0.320 e. The minimum Gasteiger partial charge on any atom is -0.320 e. The van der Waals surface area contributed by atoms with E-state index < -0.39 is 12.0 Å². The van der Waals surface area contributed by atoms with Gasteiger partial charge in [0.2, 0.25) is 0 Å². The van der Waals surface area contributed by atoms with E-state index in [2.05, 4.69) is 20.4 Å². The molecule has 110 valence electrons. The quantitative estimate of drug-likeness (QED) is 0.589. The Morgan fingerprint density at radius 1 is 1.33 bits per heavy atom. The van der Waals surface area contributed by atoms with E-state index >= 15 is 0 Å². The zero-order valence-corrected chi connectivity index (χ0v) is 11.0. The van der Waals surface area contributed by atoms with Crippen molar-refractivity contribution < 1.29 is 18.6 Å². The molecule has 0 spiro atoms. The fourth-order valence-corrected chi connectivity index (χ4v) is 2.21. The fraction of sp³-hybridized carbons (Fsp3) is 0.333. The first-order chi connectivity index (χ1) is 10.1. The summed E-state index contributed by atoms with van der Waals surface area (Å²) in [6.45, 7) is 2.52. The van der Waals surface area contributed by atoms with Crippen LogP contribution >= 0.6 is 0 Å². The Kier molecular flexibility index (Phi) is 3.57. The monoisotopic (exact) mass is 295 g/mol. The van der Waals surface area contributed by atoms with Crippen LogP contribution in [-0.4, -0.2) is 51.9 Å². The summed E-state index contributed by atoms with van der Waals surface area (Å²) in [5.41, 5.74) is 0.375. The van der Waals surface area contributed by atoms with E-state index in [1.165, 1.54) is 12.3 Å². The minimum absolute atomic E-state index is 0.0981. The Bertz CT molecular complexity index is 647. The number of aromatic nitrogens is 4. The average Bonchev–Trinajstić information content (AvgIpc) is 2.96. The van der Waals surface area contributed by atoms with Crippen LogP contribution in [0.5, 0.6) is 0 Å². The Balaban J connectivity index is 1.94. The van der Waals surface area contributed by atoms with Crippen molar-refractivity contribution in [3.8, 4) is 11.4 Å². The number of carbonyl (C=O) groups excluding carboxylic acids is 1. The minimum atomic E-state index is -1.06. The summed E-state index contributed by atoms with van der Waals surface area (Å²) in [4.78, 5) is 19.3. The molecule has 2 N–H and O–H groups in total. The van der Waals surface area contributed by atoms with Crippen LogP contribution in [0.2, 0.25) is 0 Å². The lowest BCUT2D eigenvalue weighted by Gasteiger charge is -2.27. The Morgan fingerprint density at radius 3 is 2.81 bits per heavy atom. The van der Waals surface area contributed by atoms with Crippen molar-refractivity contribution in [1.82, 2.24) is 25.0 Å². The van der Waals surface area contributed by atoms with E-state index in [1.54, 1.807) is 4.90 Å². The highest BCUT2D eigenvalue weighted by Crippen LogP contribution is 2.15. The average molecular weight is 295 g/mol. The maximum Gasteiger partial charge on any atom is 0.489 e. The molecule has 9 heteroatoms. The van der Waals surface area contributed by atoms with Crippen LogP contribution in [0.25, 0.3) is 11.4 Å². The van der Waals surface area contributed by atoms with Gasteiger partial charge in [0.25, 0.3) is 0 Å². The van der Waals surface area contributed by atoms with Gasteiger partial charge < -0.3 is 10.2 Å². The molecule has 0 radical (unpaired) electrons. The first-order valence-corrected chi connectivity index (χ1v) is 6.45.